The number of carbonyl (C=O) groups is 1. The molecule has 5 atom stereocenters. The summed E-state index contributed by atoms with van der Waals surface area (Å²) in [5, 5.41) is 34.0. The standard InChI is InChI=1S/C25H35N6O9PS/c1-24(2,13-32)22(35)42-10-9-38-41(37,28-11-15-7-5-4-6-8-15)39-12-16-18(33)25(3,36)21(40-16)31-14-27-17-19(31)29-23(26)30-20(17)34/h4-8,14,16,18,21,32-33,36H,9-13H2,1-3H3,(H,28,37)(H3,26,29,30,34)/t16?,18-,21-,25-,41?/m1/s1. The van der Waals surface area contributed by atoms with Gasteiger partial charge in [0.15, 0.2) is 22.5 Å². The van der Waals surface area contributed by atoms with E-state index in [4.69, 9.17) is 19.5 Å². The Kier molecular flexibility index (Phi) is 9.92. The molecule has 0 saturated carbocycles. The van der Waals surface area contributed by atoms with E-state index in [1.807, 2.05) is 30.3 Å². The zero-order valence-corrected chi connectivity index (χ0v) is 25.0. The number of aromatic nitrogens is 4. The van der Waals surface area contributed by atoms with E-state index in [0.29, 0.717) is 0 Å². The first-order chi connectivity index (χ1) is 19.8. The molecule has 4 rings (SSSR count). The molecule has 42 heavy (non-hydrogen) atoms. The van der Waals surface area contributed by atoms with Crippen LogP contribution in [-0.2, 0) is 29.7 Å². The zero-order valence-electron chi connectivity index (χ0n) is 23.3. The van der Waals surface area contributed by atoms with Gasteiger partial charge in [-0.25, -0.2) is 14.6 Å². The van der Waals surface area contributed by atoms with Gasteiger partial charge in [-0.15, -0.1) is 0 Å². The van der Waals surface area contributed by atoms with Crippen LogP contribution in [0.4, 0.5) is 5.95 Å². The summed E-state index contributed by atoms with van der Waals surface area (Å²) >= 11 is 0.934. The fourth-order valence-corrected chi connectivity index (χ4v) is 6.37. The van der Waals surface area contributed by atoms with Crippen LogP contribution in [0.2, 0.25) is 0 Å². The first-order valence-corrected chi connectivity index (χ1v) is 15.5. The maximum Gasteiger partial charge on any atom is 0.405 e. The molecule has 2 unspecified atom stereocenters. The summed E-state index contributed by atoms with van der Waals surface area (Å²) in [5.74, 6) is -0.0278. The number of hydrogen-bond acceptors (Lipinski definition) is 13. The number of H-pyrrole nitrogens is 1. The van der Waals surface area contributed by atoms with Crippen molar-refractivity contribution in [3.05, 3.63) is 52.6 Å². The second kappa shape index (κ2) is 12.9. The minimum Gasteiger partial charge on any atom is -0.395 e. The lowest BCUT2D eigenvalue weighted by Gasteiger charge is -2.27. The average Bonchev–Trinajstić information content (AvgIpc) is 3.47. The van der Waals surface area contributed by atoms with E-state index < -0.39 is 49.4 Å². The fourth-order valence-electron chi connectivity index (χ4n) is 4.13. The third-order valence-corrected chi connectivity index (χ3v) is 9.45. The third kappa shape index (κ3) is 7.10. The van der Waals surface area contributed by atoms with Gasteiger partial charge in [-0.05, 0) is 26.3 Å². The number of aromatic amines is 1. The number of benzene rings is 1. The number of ether oxygens (including phenoxy) is 1. The maximum absolute atomic E-state index is 13.7. The number of fused-ring (bicyclic) bond motifs is 1. The number of nitrogen functional groups attached to an aromatic ring is 1. The van der Waals surface area contributed by atoms with Crippen LogP contribution in [0.5, 0.6) is 0 Å². The van der Waals surface area contributed by atoms with Crippen molar-refractivity contribution in [1.29, 1.82) is 0 Å². The van der Waals surface area contributed by atoms with Gasteiger partial charge in [0.05, 0.1) is 31.6 Å². The summed E-state index contributed by atoms with van der Waals surface area (Å²) in [7, 11) is -4.04. The Morgan fingerprint density at radius 2 is 2.05 bits per heavy atom. The third-order valence-electron chi connectivity index (χ3n) is 6.71. The number of aliphatic hydroxyl groups excluding tert-OH is 2. The molecule has 3 heterocycles. The Hall–Kier alpha value is -2.66. The summed E-state index contributed by atoms with van der Waals surface area (Å²) in [6.07, 6.45) is -2.72. The number of carbonyl (C=O) groups excluding carboxylic acids is 1. The minimum absolute atomic E-state index is 0.0326. The number of aliphatic hydroxyl groups is 3. The van der Waals surface area contributed by atoms with E-state index in [2.05, 4.69) is 20.0 Å². The summed E-state index contributed by atoms with van der Waals surface area (Å²) in [6.45, 7) is 3.78. The molecule has 1 aromatic carbocycles. The van der Waals surface area contributed by atoms with Gasteiger partial charge < -0.3 is 25.8 Å². The van der Waals surface area contributed by atoms with Crippen LogP contribution in [0.15, 0.2) is 41.5 Å². The highest BCUT2D eigenvalue weighted by atomic mass is 32.2. The monoisotopic (exact) mass is 626 g/mol. The van der Waals surface area contributed by atoms with Crippen molar-refractivity contribution >= 4 is 41.7 Å². The first-order valence-electron chi connectivity index (χ1n) is 13.0. The van der Waals surface area contributed by atoms with Crippen molar-refractivity contribution in [2.45, 2.75) is 51.4 Å². The molecule has 17 heteroatoms. The SMILES string of the molecule is CC(C)(CO)C(=O)SCCOP(=O)(NCc1ccccc1)OCC1O[C@@H](n2cnc3c(=O)[nH]c(N)nc32)[C@](C)(O)[C@@H]1O. The molecular weight excluding hydrogens is 591 g/mol. The molecule has 0 bridgehead atoms. The van der Waals surface area contributed by atoms with E-state index in [1.54, 1.807) is 13.8 Å². The van der Waals surface area contributed by atoms with Crippen LogP contribution in [-0.4, -0.2) is 83.3 Å². The first kappa shape index (κ1) is 32.3. The lowest BCUT2D eigenvalue weighted by Crippen LogP contribution is -2.44. The van der Waals surface area contributed by atoms with Crippen molar-refractivity contribution in [3.63, 3.8) is 0 Å². The summed E-state index contributed by atoms with van der Waals surface area (Å²) in [4.78, 5) is 34.9. The maximum atomic E-state index is 13.7. The largest absolute Gasteiger partial charge is 0.405 e. The number of imidazole rings is 1. The van der Waals surface area contributed by atoms with Gasteiger partial charge in [-0.3, -0.25) is 28.2 Å². The molecule has 1 aliphatic rings. The van der Waals surface area contributed by atoms with E-state index in [0.717, 1.165) is 17.3 Å². The lowest BCUT2D eigenvalue weighted by molar-refractivity contribution is -0.119. The summed E-state index contributed by atoms with van der Waals surface area (Å²) in [5.41, 5.74) is 3.04. The Labute approximate surface area is 245 Å². The lowest BCUT2D eigenvalue weighted by atomic mass is 9.96. The quantitative estimate of drug-likeness (QED) is 0.115. The highest BCUT2D eigenvalue weighted by Gasteiger charge is 2.54. The molecule has 2 aromatic heterocycles. The summed E-state index contributed by atoms with van der Waals surface area (Å²) in [6, 6.07) is 9.10. The molecule has 15 nitrogen and oxygen atoms in total. The normalized spacial score (nSPS) is 24.2. The molecule has 0 aliphatic carbocycles. The van der Waals surface area contributed by atoms with Crippen molar-refractivity contribution in [1.82, 2.24) is 24.6 Å². The van der Waals surface area contributed by atoms with Gasteiger partial charge in [0.25, 0.3) is 5.56 Å². The molecule has 0 radical (unpaired) electrons. The number of nitrogens with two attached hydrogens (primary N) is 1. The zero-order chi connectivity index (χ0) is 30.7. The molecule has 1 fully saturated rings. The number of hydrogen-bond donors (Lipinski definition) is 6. The molecule has 0 amide bonds. The smallest absolute Gasteiger partial charge is 0.395 e. The second-order valence-electron chi connectivity index (χ2n) is 10.6. The van der Waals surface area contributed by atoms with Crippen LogP contribution in [0.3, 0.4) is 0 Å². The Morgan fingerprint density at radius 1 is 1.33 bits per heavy atom. The highest BCUT2D eigenvalue weighted by Crippen LogP contribution is 2.46. The van der Waals surface area contributed by atoms with Crippen molar-refractivity contribution in [2.75, 3.05) is 31.3 Å². The van der Waals surface area contributed by atoms with Gasteiger partial charge in [0.2, 0.25) is 5.95 Å². The fraction of sp³-hybridized carbons (Fsp3) is 0.520. The predicted octanol–water partition coefficient (Wildman–Crippen LogP) is 0.921. The predicted molar refractivity (Wildman–Crippen MR) is 154 cm³/mol. The van der Waals surface area contributed by atoms with E-state index in [-0.39, 0.29) is 47.7 Å². The van der Waals surface area contributed by atoms with Crippen molar-refractivity contribution in [3.8, 4) is 0 Å². The van der Waals surface area contributed by atoms with Gasteiger partial charge in [0.1, 0.15) is 17.8 Å². The molecule has 1 saturated heterocycles. The molecule has 230 valence electrons. The van der Waals surface area contributed by atoms with Gasteiger partial charge >= 0.3 is 7.75 Å². The van der Waals surface area contributed by atoms with Crippen LogP contribution < -0.4 is 16.4 Å². The minimum atomic E-state index is -4.04. The molecule has 3 aromatic rings. The van der Waals surface area contributed by atoms with E-state index in [9.17, 15) is 29.5 Å². The number of anilines is 1. The summed E-state index contributed by atoms with van der Waals surface area (Å²) < 4.78 is 32.1. The van der Waals surface area contributed by atoms with Crippen LogP contribution in [0.25, 0.3) is 11.2 Å². The highest BCUT2D eigenvalue weighted by molar-refractivity contribution is 8.13. The van der Waals surface area contributed by atoms with Crippen LogP contribution in [0, 0.1) is 5.41 Å². The number of rotatable bonds is 13. The van der Waals surface area contributed by atoms with Gasteiger partial charge in [-0.2, -0.15) is 4.98 Å². The molecule has 7 N–H and O–H groups in total. The number of nitrogens with zero attached hydrogens (tertiary/aromatic N) is 3. The Balaban J connectivity index is 1.46. The van der Waals surface area contributed by atoms with Gasteiger partial charge in [0, 0.05) is 12.3 Å². The molecule has 1 aliphatic heterocycles. The topological polar surface area (TPSA) is 224 Å². The number of thioether (sulfide) groups is 1. The molecule has 0 spiro atoms. The van der Waals surface area contributed by atoms with Crippen LogP contribution >= 0.6 is 19.5 Å². The van der Waals surface area contributed by atoms with E-state index >= 15 is 0 Å². The molecular formula is C25H35N6O9PS. The Morgan fingerprint density at radius 3 is 2.74 bits per heavy atom. The van der Waals surface area contributed by atoms with Crippen molar-refractivity contribution < 1.29 is 38.5 Å². The van der Waals surface area contributed by atoms with E-state index in [1.165, 1.54) is 17.8 Å². The van der Waals surface area contributed by atoms with Crippen molar-refractivity contribution in [2.24, 2.45) is 5.41 Å². The Bertz CT molecular complexity index is 1500. The van der Waals surface area contributed by atoms with Crippen LogP contribution in [0.1, 0.15) is 32.6 Å². The average molecular weight is 627 g/mol. The number of nitrogens with one attached hydrogen (secondary N) is 2. The van der Waals surface area contributed by atoms with Gasteiger partial charge in [-0.1, -0.05) is 42.1 Å². The second-order valence-corrected chi connectivity index (χ2v) is 13.5.